The van der Waals surface area contributed by atoms with Crippen LogP contribution in [0.2, 0.25) is 0 Å². The minimum Gasteiger partial charge on any atom is -0.338 e. The Hall–Kier alpha value is -0.830. The molecule has 3 atom stereocenters. The zero-order valence-corrected chi connectivity index (χ0v) is 9.91. The second-order valence-electron chi connectivity index (χ2n) is 5.47. The maximum absolute atomic E-state index is 12.4. The largest absolute Gasteiger partial charge is 0.338 e. The lowest BCUT2D eigenvalue weighted by molar-refractivity contribution is -0.135. The Morgan fingerprint density at radius 3 is 2.94 bits per heavy atom. The predicted molar refractivity (Wildman–Crippen MR) is 63.0 cm³/mol. The number of rotatable bonds is 1. The first-order valence-electron chi connectivity index (χ1n) is 6.44. The Labute approximate surface area is 96.9 Å². The highest BCUT2D eigenvalue weighted by Crippen LogP contribution is 2.34. The highest BCUT2D eigenvalue weighted by molar-refractivity contribution is 5.80. The highest BCUT2D eigenvalue weighted by atomic mass is 16.2. The molecule has 3 rings (SSSR count). The van der Waals surface area contributed by atoms with Gasteiger partial charge in [-0.15, -0.1) is 0 Å². The van der Waals surface area contributed by atoms with Gasteiger partial charge in [-0.2, -0.15) is 0 Å². The van der Waals surface area contributed by atoms with Gasteiger partial charge in [0.25, 0.3) is 0 Å². The van der Waals surface area contributed by atoms with E-state index < -0.39 is 0 Å². The molecule has 0 aromatic rings. The molecule has 3 heteroatoms. The van der Waals surface area contributed by atoms with Crippen molar-refractivity contribution in [3.8, 4) is 0 Å². The molecule has 0 saturated carbocycles. The fourth-order valence-corrected chi connectivity index (χ4v) is 3.30. The summed E-state index contributed by atoms with van der Waals surface area (Å²) in [5.74, 6) is 0.661. The third kappa shape index (κ3) is 1.67. The number of carbonyl (C=O) groups is 1. The zero-order valence-electron chi connectivity index (χ0n) is 9.91. The minimum absolute atomic E-state index is 0.269. The predicted octanol–water partition coefficient (Wildman–Crippen LogP) is 1.31. The fourth-order valence-electron chi connectivity index (χ4n) is 3.30. The molecule has 0 spiro atoms. The van der Waals surface area contributed by atoms with Gasteiger partial charge in [0.15, 0.2) is 0 Å². The third-order valence-corrected chi connectivity index (χ3v) is 4.37. The summed E-state index contributed by atoms with van der Waals surface area (Å²) in [5, 5.41) is 3.54. The van der Waals surface area contributed by atoms with E-state index >= 15 is 0 Å². The summed E-state index contributed by atoms with van der Waals surface area (Å²) in [6, 6.07) is 1.10. The molecule has 16 heavy (non-hydrogen) atoms. The summed E-state index contributed by atoms with van der Waals surface area (Å²) in [6.45, 7) is 3.91. The zero-order chi connectivity index (χ0) is 11.1. The average molecular weight is 220 g/mol. The number of fused-ring (bicyclic) bond motifs is 2. The lowest BCUT2D eigenvalue weighted by atomic mass is 9.88. The molecular weight excluding hydrogens is 200 g/mol. The molecule has 3 aliphatic rings. The van der Waals surface area contributed by atoms with E-state index in [0.29, 0.717) is 18.0 Å². The molecule has 3 unspecified atom stereocenters. The first-order chi connectivity index (χ1) is 7.74. The van der Waals surface area contributed by atoms with Crippen molar-refractivity contribution in [3.05, 3.63) is 11.6 Å². The Morgan fingerprint density at radius 1 is 1.50 bits per heavy atom. The van der Waals surface area contributed by atoms with Gasteiger partial charge in [0.1, 0.15) is 0 Å². The Balaban J connectivity index is 1.65. The van der Waals surface area contributed by atoms with E-state index in [9.17, 15) is 4.79 Å². The first-order valence-corrected chi connectivity index (χ1v) is 6.44. The van der Waals surface area contributed by atoms with E-state index in [0.717, 1.165) is 25.9 Å². The highest BCUT2D eigenvalue weighted by Gasteiger charge is 2.44. The average Bonchev–Trinajstić information content (AvgIpc) is 2.91. The van der Waals surface area contributed by atoms with Crippen molar-refractivity contribution in [2.75, 3.05) is 13.1 Å². The van der Waals surface area contributed by atoms with Crippen LogP contribution in [-0.4, -0.2) is 36.0 Å². The van der Waals surface area contributed by atoms with Crippen LogP contribution in [0.3, 0.4) is 0 Å². The molecule has 3 nitrogen and oxygen atoms in total. The van der Waals surface area contributed by atoms with Gasteiger partial charge in [-0.1, -0.05) is 11.6 Å². The molecule has 2 fully saturated rings. The molecule has 2 bridgehead atoms. The SMILES string of the molecule is CC1=CCN(C(=O)C2CC3CCC2N3)CC1. The van der Waals surface area contributed by atoms with Gasteiger partial charge in [-0.05, 0) is 32.6 Å². The summed E-state index contributed by atoms with van der Waals surface area (Å²) >= 11 is 0. The number of nitrogens with zero attached hydrogens (tertiary/aromatic N) is 1. The molecule has 3 aliphatic heterocycles. The second-order valence-corrected chi connectivity index (χ2v) is 5.47. The first kappa shape index (κ1) is 10.3. The third-order valence-electron chi connectivity index (χ3n) is 4.37. The van der Waals surface area contributed by atoms with Gasteiger partial charge in [-0.3, -0.25) is 4.79 Å². The fraction of sp³-hybridized carbons (Fsp3) is 0.769. The molecule has 0 aromatic heterocycles. The van der Waals surface area contributed by atoms with Gasteiger partial charge in [0.05, 0.1) is 5.92 Å². The van der Waals surface area contributed by atoms with E-state index in [1.54, 1.807) is 0 Å². The van der Waals surface area contributed by atoms with E-state index in [1.165, 1.54) is 18.4 Å². The van der Waals surface area contributed by atoms with Crippen molar-refractivity contribution in [1.82, 2.24) is 10.2 Å². The molecule has 2 saturated heterocycles. The lowest BCUT2D eigenvalue weighted by Crippen LogP contribution is -2.42. The van der Waals surface area contributed by atoms with Crippen LogP contribution in [0.15, 0.2) is 11.6 Å². The smallest absolute Gasteiger partial charge is 0.227 e. The van der Waals surface area contributed by atoms with E-state index in [-0.39, 0.29) is 5.92 Å². The van der Waals surface area contributed by atoms with E-state index in [2.05, 4.69) is 18.3 Å². The van der Waals surface area contributed by atoms with Gasteiger partial charge >= 0.3 is 0 Å². The molecule has 0 aromatic carbocycles. The van der Waals surface area contributed by atoms with Crippen LogP contribution in [0.1, 0.15) is 32.6 Å². The lowest BCUT2D eigenvalue weighted by Gasteiger charge is -2.30. The summed E-state index contributed by atoms with van der Waals surface area (Å²) in [5.41, 5.74) is 1.43. The Kier molecular flexibility index (Phi) is 2.51. The van der Waals surface area contributed by atoms with Crippen molar-refractivity contribution in [2.45, 2.75) is 44.7 Å². The van der Waals surface area contributed by atoms with Crippen LogP contribution in [-0.2, 0) is 4.79 Å². The van der Waals surface area contributed by atoms with Crippen LogP contribution in [0.25, 0.3) is 0 Å². The van der Waals surface area contributed by atoms with Crippen molar-refractivity contribution in [1.29, 1.82) is 0 Å². The quantitative estimate of drug-likeness (QED) is 0.676. The van der Waals surface area contributed by atoms with Gasteiger partial charge in [0, 0.05) is 25.2 Å². The topological polar surface area (TPSA) is 32.3 Å². The summed E-state index contributed by atoms with van der Waals surface area (Å²) in [4.78, 5) is 14.4. The van der Waals surface area contributed by atoms with E-state index in [1.807, 2.05) is 4.90 Å². The number of amides is 1. The van der Waals surface area contributed by atoms with Crippen molar-refractivity contribution < 1.29 is 4.79 Å². The minimum atomic E-state index is 0.269. The maximum Gasteiger partial charge on any atom is 0.227 e. The van der Waals surface area contributed by atoms with Crippen molar-refractivity contribution >= 4 is 5.91 Å². The Bertz CT molecular complexity index is 337. The van der Waals surface area contributed by atoms with Crippen LogP contribution >= 0.6 is 0 Å². The summed E-state index contributed by atoms with van der Waals surface area (Å²) in [6.07, 6.45) is 6.79. The molecular formula is C13H20N2O. The number of hydrogen-bond acceptors (Lipinski definition) is 2. The normalized spacial score (nSPS) is 37.7. The summed E-state index contributed by atoms with van der Waals surface area (Å²) in [7, 11) is 0. The molecule has 1 N–H and O–H groups in total. The molecule has 88 valence electrons. The van der Waals surface area contributed by atoms with Gasteiger partial charge < -0.3 is 10.2 Å². The van der Waals surface area contributed by atoms with Crippen molar-refractivity contribution in [2.24, 2.45) is 5.92 Å². The summed E-state index contributed by atoms with van der Waals surface area (Å²) < 4.78 is 0. The van der Waals surface area contributed by atoms with Crippen molar-refractivity contribution in [3.63, 3.8) is 0 Å². The monoisotopic (exact) mass is 220 g/mol. The molecule has 0 aliphatic carbocycles. The number of nitrogens with one attached hydrogen (secondary N) is 1. The van der Waals surface area contributed by atoms with Crippen LogP contribution in [0, 0.1) is 5.92 Å². The maximum atomic E-state index is 12.4. The van der Waals surface area contributed by atoms with Gasteiger partial charge in [0.2, 0.25) is 5.91 Å². The number of hydrogen-bond donors (Lipinski definition) is 1. The van der Waals surface area contributed by atoms with Crippen LogP contribution in [0.5, 0.6) is 0 Å². The number of carbonyl (C=O) groups excluding carboxylic acids is 1. The molecule has 1 amide bonds. The van der Waals surface area contributed by atoms with Crippen LogP contribution < -0.4 is 5.32 Å². The Morgan fingerprint density at radius 2 is 2.38 bits per heavy atom. The second kappa shape index (κ2) is 3.88. The van der Waals surface area contributed by atoms with E-state index in [4.69, 9.17) is 0 Å². The molecule has 0 radical (unpaired) electrons. The van der Waals surface area contributed by atoms with Gasteiger partial charge in [-0.25, -0.2) is 0 Å². The van der Waals surface area contributed by atoms with Crippen LogP contribution in [0.4, 0.5) is 0 Å². The standard InChI is InChI=1S/C13H20N2O/c1-9-4-6-15(7-5-9)13(16)11-8-10-2-3-12(11)14-10/h4,10-12,14H,2-3,5-8H2,1H3. The molecule has 3 heterocycles.